The monoisotopic (exact) mass is 264 g/mol. The summed E-state index contributed by atoms with van der Waals surface area (Å²) in [5.74, 6) is 0. The molecule has 1 atom stereocenters. The van der Waals surface area contributed by atoms with Gasteiger partial charge in [-0.3, -0.25) is 0 Å². The summed E-state index contributed by atoms with van der Waals surface area (Å²) in [5, 5.41) is 0. The highest BCUT2D eigenvalue weighted by atomic mass is 79.9. The molecule has 0 spiro atoms. The molecule has 0 saturated heterocycles. The molecule has 2 heteroatoms. The standard InChI is InChI=1S/C13H13BrO/c1-10-2-4-11(5-3-10)8-13(14)12-6-7-15-9-12/h2-7,9,13H,8H2,1H3. The van der Waals surface area contributed by atoms with E-state index < -0.39 is 0 Å². The molecule has 2 aromatic rings. The molecule has 0 radical (unpaired) electrons. The van der Waals surface area contributed by atoms with E-state index in [1.165, 1.54) is 16.7 Å². The van der Waals surface area contributed by atoms with E-state index in [0.29, 0.717) is 4.83 Å². The lowest BCUT2D eigenvalue weighted by Gasteiger charge is -2.07. The summed E-state index contributed by atoms with van der Waals surface area (Å²) in [7, 11) is 0. The Morgan fingerprint density at radius 3 is 2.53 bits per heavy atom. The second-order valence-corrected chi connectivity index (χ2v) is 4.82. The van der Waals surface area contributed by atoms with Gasteiger partial charge in [-0.25, -0.2) is 0 Å². The van der Waals surface area contributed by atoms with E-state index in [0.717, 1.165) is 6.42 Å². The molecule has 1 nitrogen and oxygen atoms in total. The fraction of sp³-hybridized carbons (Fsp3) is 0.231. The van der Waals surface area contributed by atoms with Crippen LogP contribution in [0.2, 0.25) is 0 Å². The minimum Gasteiger partial charge on any atom is -0.472 e. The number of benzene rings is 1. The maximum Gasteiger partial charge on any atom is 0.0946 e. The average Bonchev–Trinajstić information content (AvgIpc) is 2.74. The SMILES string of the molecule is Cc1ccc(CC(Br)c2ccoc2)cc1. The minimum absolute atomic E-state index is 0.332. The second-order valence-electron chi connectivity index (χ2n) is 3.71. The lowest BCUT2D eigenvalue weighted by Crippen LogP contribution is -1.93. The Bertz CT molecular complexity index is 403. The maximum absolute atomic E-state index is 5.06. The van der Waals surface area contributed by atoms with Crippen LogP contribution in [0.4, 0.5) is 0 Å². The molecule has 78 valence electrons. The summed E-state index contributed by atoms with van der Waals surface area (Å²) in [6, 6.07) is 10.6. The summed E-state index contributed by atoms with van der Waals surface area (Å²) in [4.78, 5) is 0.332. The third-order valence-electron chi connectivity index (χ3n) is 2.44. The molecule has 0 aliphatic heterocycles. The number of hydrogen-bond acceptors (Lipinski definition) is 1. The molecule has 0 aliphatic rings. The van der Waals surface area contributed by atoms with E-state index in [1.807, 2.05) is 6.07 Å². The van der Waals surface area contributed by atoms with Crippen molar-refractivity contribution in [1.29, 1.82) is 0 Å². The first-order valence-corrected chi connectivity index (χ1v) is 5.89. The van der Waals surface area contributed by atoms with Crippen molar-refractivity contribution >= 4 is 15.9 Å². The molecular weight excluding hydrogens is 252 g/mol. The van der Waals surface area contributed by atoms with Crippen LogP contribution in [0, 0.1) is 6.92 Å². The largest absolute Gasteiger partial charge is 0.472 e. The Kier molecular flexibility index (Phi) is 3.27. The van der Waals surface area contributed by atoms with Crippen LogP contribution in [-0.2, 0) is 6.42 Å². The Labute approximate surface area is 98.2 Å². The third-order valence-corrected chi connectivity index (χ3v) is 3.29. The van der Waals surface area contributed by atoms with Gasteiger partial charge in [0, 0.05) is 10.4 Å². The van der Waals surface area contributed by atoms with Gasteiger partial charge >= 0.3 is 0 Å². The van der Waals surface area contributed by atoms with Crippen molar-refractivity contribution in [2.75, 3.05) is 0 Å². The molecule has 1 unspecified atom stereocenters. The first-order valence-electron chi connectivity index (χ1n) is 4.97. The van der Waals surface area contributed by atoms with Crippen LogP contribution in [0.5, 0.6) is 0 Å². The van der Waals surface area contributed by atoms with Crippen molar-refractivity contribution < 1.29 is 4.42 Å². The van der Waals surface area contributed by atoms with Gasteiger partial charge in [-0.2, -0.15) is 0 Å². The van der Waals surface area contributed by atoms with E-state index >= 15 is 0 Å². The average molecular weight is 265 g/mol. The quantitative estimate of drug-likeness (QED) is 0.755. The summed E-state index contributed by atoms with van der Waals surface area (Å²) in [6.07, 6.45) is 4.48. The summed E-state index contributed by atoms with van der Waals surface area (Å²) < 4.78 is 5.06. The molecule has 0 amide bonds. The zero-order valence-corrected chi connectivity index (χ0v) is 10.2. The first kappa shape index (κ1) is 10.5. The van der Waals surface area contributed by atoms with E-state index in [-0.39, 0.29) is 0 Å². The van der Waals surface area contributed by atoms with Gasteiger partial charge in [0.1, 0.15) is 0 Å². The van der Waals surface area contributed by atoms with Gasteiger partial charge in [-0.1, -0.05) is 45.8 Å². The molecule has 0 fully saturated rings. The number of rotatable bonds is 3. The van der Waals surface area contributed by atoms with Crippen molar-refractivity contribution in [3.05, 3.63) is 59.5 Å². The van der Waals surface area contributed by atoms with E-state index in [1.54, 1.807) is 12.5 Å². The minimum atomic E-state index is 0.332. The maximum atomic E-state index is 5.06. The van der Waals surface area contributed by atoms with Crippen LogP contribution in [-0.4, -0.2) is 0 Å². The molecular formula is C13H13BrO. The molecule has 0 saturated carbocycles. The molecule has 1 aromatic carbocycles. The van der Waals surface area contributed by atoms with Gasteiger partial charge < -0.3 is 4.42 Å². The van der Waals surface area contributed by atoms with Crippen LogP contribution >= 0.6 is 15.9 Å². The fourth-order valence-corrected chi connectivity index (χ4v) is 2.14. The lowest BCUT2D eigenvalue weighted by molar-refractivity contribution is 0.563. The number of aryl methyl sites for hydroxylation is 1. The van der Waals surface area contributed by atoms with Gasteiger partial charge in [0.05, 0.1) is 12.5 Å². The van der Waals surface area contributed by atoms with Crippen LogP contribution in [0.1, 0.15) is 21.5 Å². The van der Waals surface area contributed by atoms with Crippen molar-refractivity contribution in [3.63, 3.8) is 0 Å². The zero-order chi connectivity index (χ0) is 10.7. The zero-order valence-electron chi connectivity index (χ0n) is 8.61. The van der Waals surface area contributed by atoms with Crippen LogP contribution in [0.3, 0.4) is 0 Å². The third kappa shape index (κ3) is 2.72. The van der Waals surface area contributed by atoms with E-state index in [9.17, 15) is 0 Å². The highest BCUT2D eigenvalue weighted by molar-refractivity contribution is 9.09. The summed E-state index contributed by atoms with van der Waals surface area (Å²) >= 11 is 3.66. The van der Waals surface area contributed by atoms with Crippen LogP contribution < -0.4 is 0 Å². The van der Waals surface area contributed by atoms with E-state index in [2.05, 4.69) is 47.1 Å². The number of furan rings is 1. The second kappa shape index (κ2) is 4.67. The molecule has 2 rings (SSSR count). The highest BCUT2D eigenvalue weighted by Gasteiger charge is 2.09. The predicted octanol–water partition coefficient (Wildman–Crippen LogP) is 4.27. The Hall–Kier alpha value is -1.02. The summed E-state index contributed by atoms with van der Waals surface area (Å²) in [6.45, 7) is 2.10. The smallest absolute Gasteiger partial charge is 0.0946 e. The van der Waals surface area contributed by atoms with E-state index in [4.69, 9.17) is 4.42 Å². The molecule has 1 aromatic heterocycles. The van der Waals surface area contributed by atoms with Crippen molar-refractivity contribution in [3.8, 4) is 0 Å². The summed E-state index contributed by atoms with van der Waals surface area (Å²) in [5.41, 5.74) is 3.83. The van der Waals surface area contributed by atoms with Gasteiger partial charge in [0.15, 0.2) is 0 Å². The Balaban J connectivity index is 2.06. The Morgan fingerprint density at radius 2 is 1.93 bits per heavy atom. The van der Waals surface area contributed by atoms with Crippen LogP contribution in [0.25, 0.3) is 0 Å². The molecule has 15 heavy (non-hydrogen) atoms. The molecule has 0 aliphatic carbocycles. The number of alkyl halides is 1. The number of hydrogen-bond donors (Lipinski definition) is 0. The van der Waals surface area contributed by atoms with Gasteiger partial charge in [-0.05, 0) is 25.0 Å². The van der Waals surface area contributed by atoms with Gasteiger partial charge in [-0.15, -0.1) is 0 Å². The molecule has 1 heterocycles. The topological polar surface area (TPSA) is 13.1 Å². The first-order chi connectivity index (χ1) is 7.25. The number of halogens is 1. The van der Waals surface area contributed by atoms with Crippen molar-refractivity contribution in [1.82, 2.24) is 0 Å². The van der Waals surface area contributed by atoms with Crippen molar-refractivity contribution in [2.24, 2.45) is 0 Å². The van der Waals surface area contributed by atoms with Crippen molar-refractivity contribution in [2.45, 2.75) is 18.2 Å². The predicted molar refractivity (Wildman–Crippen MR) is 65.3 cm³/mol. The highest BCUT2D eigenvalue weighted by Crippen LogP contribution is 2.27. The lowest BCUT2D eigenvalue weighted by atomic mass is 10.1. The van der Waals surface area contributed by atoms with Crippen LogP contribution in [0.15, 0.2) is 47.3 Å². The fourth-order valence-electron chi connectivity index (χ4n) is 1.50. The molecule has 0 bridgehead atoms. The normalized spacial score (nSPS) is 12.7. The van der Waals surface area contributed by atoms with Gasteiger partial charge in [0.25, 0.3) is 0 Å². The Morgan fingerprint density at radius 1 is 1.20 bits per heavy atom. The van der Waals surface area contributed by atoms with Gasteiger partial charge in [0.2, 0.25) is 0 Å². The molecule has 0 N–H and O–H groups in total.